The summed E-state index contributed by atoms with van der Waals surface area (Å²) in [6.07, 6.45) is 1.09. The fourth-order valence-electron chi connectivity index (χ4n) is 3.30. The number of fused-ring (bicyclic) bond motifs is 1. The molecule has 6 nitrogen and oxygen atoms in total. The normalized spacial score (nSPS) is 20.0. The molecule has 2 heterocycles. The van der Waals surface area contributed by atoms with Crippen LogP contribution in [0.25, 0.3) is 10.9 Å². The largest absolute Gasteiger partial charge is 0.481 e. The van der Waals surface area contributed by atoms with Crippen LogP contribution in [0.3, 0.4) is 0 Å². The highest BCUT2D eigenvalue weighted by Gasteiger charge is 2.35. The van der Waals surface area contributed by atoms with E-state index in [1.165, 1.54) is 4.31 Å². The van der Waals surface area contributed by atoms with Crippen LogP contribution >= 0.6 is 0 Å². The third-order valence-corrected chi connectivity index (χ3v) is 6.72. The van der Waals surface area contributed by atoms with E-state index in [4.69, 9.17) is 0 Å². The number of rotatable bonds is 3. The maximum Gasteiger partial charge on any atom is 0.307 e. The van der Waals surface area contributed by atoms with E-state index in [0.717, 1.165) is 5.52 Å². The Balaban J connectivity index is 2.10. The van der Waals surface area contributed by atoms with Crippen molar-refractivity contribution in [3.8, 4) is 0 Å². The number of nitrogens with zero attached hydrogens (tertiary/aromatic N) is 2. The highest BCUT2D eigenvalue weighted by atomic mass is 32.2. The monoisotopic (exact) mass is 336 g/mol. The van der Waals surface area contributed by atoms with Gasteiger partial charge in [0.05, 0.1) is 5.92 Å². The van der Waals surface area contributed by atoms with E-state index in [1.807, 2.05) is 29.8 Å². The second-order valence-electron chi connectivity index (χ2n) is 6.03. The molecule has 124 valence electrons. The molecule has 1 atom stereocenters. The smallest absolute Gasteiger partial charge is 0.307 e. The quantitative estimate of drug-likeness (QED) is 0.929. The van der Waals surface area contributed by atoms with Gasteiger partial charge in [0.15, 0.2) is 0 Å². The van der Waals surface area contributed by atoms with E-state index in [0.29, 0.717) is 35.4 Å². The summed E-state index contributed by atoms with van der Waals surface area (Å²) >= 11 is 0. The van der Waals surface area contributed by atoms with Gasteiger partial charge >= 0.3 is 5.97 Å². The number of benzene rings is 1. The van der Waals surface area contributed by atoms with Crippen molar-refractivity contribution in [2.75, 3.05) is 13.1 Å². The standard InChI is InChI=1S/C16H20N2O4S/c1-11-15(13-7-3-4-8-14(13)17(11)2)23(21,22)18-9-5-6-12(10-18)16(19)20/h3-4,7-8,12H,5-6,9-10H2,1-2H3,(H,19,20). The Kier molecular flexibility index (Phi) is 3.93. The first-order valence-corrected chi connectivity index (χ1v) is 9.05. The fourth-order valence-corrected chi connectivity index (χ4v) is 5.27. The topological polar surface area (TPSA) is 79.6 Å². The number of hydrogen-bond acceptors (Lipinski definition) is 3. The molecule has 1 aromatic heterocycles. The van der Waals surface area contributed by atoms with Crippen molar-refractivity contribution < 1.29 is 18.3 Å². The zero-order valence-electron chi connectivity index (χ0n) is 13.2. The molecule has 1 aliphatic rings. The van der Waals surface area contributed by atoms with E-state index in [2.05, 4.69) is 0 Å². The van der Waals surface area contributed by atoms with Crippen LogP contribution in [0.15, 0.2) is 29.2 Å². The van der Waals surface area contributed by atoms with Crippen LogP contribution in [0, 0.1) is 12.8 Å². The molecular weight excluding hydrogens is 316 g/mol. The maximum absolute atomic E-state index is 13.1. The van der Waals surface area contributed by atoms with Gasteiger partial charge in [-0.15, -0.1) is 0 Å². The summed E-state index contributed by atoms with van der Waals surface area (Å²) in [7, 11) is -1.88. The molecule has 1 saturated heterocycles. The summed E-state index contributed by atoms with van der Waals surface area (Å²) in [5.41, 5.74) is 1.53. The lowest BCUT2D eigenvalue weighted by atomic mass is 10.0. The Morgan fingerprint density at radius 2 is 2.00 bits per heavy atom. The van der Waals surface area contributed by atoms with Gasteiger partial charge in [0.2, 0.25) is 10.0 Å². The van der Waals surface area contributed by atoms with Crippen molar-refractivity contribution in [3.05, 3.63) is 30.0 Å². The maximum atomic E-state index is 13.1. The molecule has 0 radical (unpaired) electrons. The molecular formula is C16H20N2O4S. The first-order valence-electron chi connectivity index (χ1n) is 7.61. The number of piperidine rings is 1. The molecule has 0 bridgehead atoms. The highest BCUT2D eigenvalue weighted by Crippen LogP contribution is 2.33. The Morgan fingerprint density at radius 3 is 2.70 bits per heavy atom. The van der Waals surface area contributed by atoms with E-state index in [-0.39, 0.29) is 6.54 Å². The lowest BCUT2D eigenvalue weighted by Crippen LogP contribution is -2.42. The van der Waals surface area contributed by atoms with Gasteiger partial charge in [-0.3, -0.25) is 4.79 Å². The van der Waals surface area contributed by atoms with Gasteiger partial charge in [-0.25, -0.2) is 8.42 Å². The minimum Gasteiger partial charge on any atom is -0.481 e. The van der Waals surface area contributed by atoms with Crippen molar-refractivity contribution in [2.24, 2.45) is 13.0 Å². The third-order valence-electron chi connectivity index (χ3n) is 4.67. The second-order valence-corrected chi connectivity index (χ2v) is 7.91. The Bertz CT molecular complexity index is 870. The first kappa shape index (κ1) is 16.0. The van der Waals surface area contributed by atoms with Gasteiger partial charge in [-0.1, -0.05) is 18.2 Å². The van der Waals surface area contributed by atoms with Crippen LogP contribution in [-0.4, -0.2) is 41.5 Å². The second kappa shape index (κ2) is 5.65. The average Bonchev–Trinajstić information content (AvgIpc) is 2.80. The van der Waals surface area contributed by atoms with Crippen LogP contribution in [0.4, 0.5) is 0 Å². The summed E-state index contributed by atoms with van der Waals surface area (Å²) in [4.78, 5) is 11.5. The number of carboxylic acids is 1. The van der Waals surface area contributed by atoms with E-state index >= 15 is 0 Å². The summed E-state index contributed by atoms with van der Waals surface area (Å²) < 4.78 is 29.4. The SMILES string of the molecule is Cc1c(S(=O)(=O)N2CCCC(C(=O)O)C2)c2ccccc2n1C. The number of aryl methyl sites for hydroxylation is 1. The number of para-hydroxylation sites is 1. The van der Waals surface area contributed by atoms with Crippen molar-refractivity contribution in [1.82, 2.24) is 8.87 Å². The summed E-state index contributed by atoms with van der Waals surface area (Å²) in [5, 5.41) is 9.88. The molecule has 0 saturated carbocycles. The van der Waals surface area contributed by atoms with Gasteiger partial charge in [0.1, 0.15) is 4.90 Å². The molecule has 0 aliphatic carbocycles. The van der Waals surface area contributed by atoms with Crippen molar-refractivity contribution in [3.63, 3.8) is 0 Å². The Hall–Kier alpha value is -1.86. The molecule has 3 rings (SSSR count). The molecule has 23 heavy (non-hydrogen) atoms. The zero-order chi connectivity index (χ0) is 16.8. The third kappa shape index (κ3) is 2.53. The van der Waals surface area contributed by atoms with Crippen LogP contribution < -0.4 is 0 Å². The Morgan fingerprint density at radius 1 is 1.30 bits per heavy atom. The van der Waals surface area contributed by atoms with Gasteiger partial charge in [0.25, 0.3) is 0 Å². The predicted molar refractivity (Wildman–Crippen MR) is 86.8 cm³/mol. The molecule has 1 N–H and O–H groups in total. The molecule has 1 aromatic carbocycles. The molecule has 7 heteroatoms. The van der Waals surface area contributed by atoms with Crippen LogP contribution in [-0.2, 0) is 21.9 Å². The van der Waals surface area contributed by atoms with Gasteiger partial charge < -0.3 is 9.67 Å². The van der Waals surface area contributed by atoms with Gasteiger partial charge in [-0.05, 0) is 25.8 Å². The minimum atomic E-state index is -3.72. The molecule has 1 fully saturated rings. The summed E-state index contributed by atoms with van der Waals surface area (Å²) in [6.45, 7) is 2.20. The van der Waals surface area contributed by atoms with Crippen LogP contribution in [0.2, 0.25) is 0 Å². The number of hydrogen-bond donors (Lipinski definition) is 1. The van der Waals surface area contributed by atoms with E-state index in [1.54, 1.807) is 13.0 Å². The Labute approximate surface area is 135 Å². The van der Waals surface area contributed by atoms with Crippen molar-refractivity contribution in [1.29, 1.82) is 0 Å². The van der Waals surface area contributed by atoms with Gasteiger partial charge in [-0.2, -0.15) is 4.31 Å². The predicted octanol–water partition coefficient (Wildman–Crippen LogP) is 1.97. The fraction of sp³-hybridized carbons (Fsp3) is 0.438. The van der Waals surface area contributed by atoms with Crippen LogP contribution in [0.5, 0.6) is 0 Å². The molecule has 0 spiro atoms. The average molecular weight is 336 g/mol. The van der Waals surface area contributed by atoms with E-state index in [9.17, 15) is 18.3 Å². The van der Waals surface area contributed by atoms with E-state index < -0.39 is 21.9 Å². The molecule has 0 amide bonds. The number of carbonyl (C=O) groups is 1. The zero-order valence-corrected chi connectivity index (χ0v) is 14.0. The van der Waals surface area contributed by atoms with Crippen molar-refractivity contribution >= 4 is 26.9 Å². The highest BCUT2D eigenvalue weighted by molar-refractivity contribution is 7.89. The number of aromatic nitrogens is 1. The minimum absolute atomic E-state index is 0.0420. The summed E-state index contributed by atoms with van der Waals surface area (Å²) in [5.74, 6) is -1.56. The molecule has 1 unspecified atom stereocenters. The molecule has 2 aromatic rings. The summed E-state index contributed by atoms with van der Waals surface area (Å²) in [6, 6.07) is 7.38. The van der Waals surface area contributed by atoms with Crippen LogP contribution in [0.1, 0.15) is 18.5 Å². The van der Waals surface area contributed by atoms with Gasteiger partial charge in [0, 0.05) is 36.7 Å². The molecule has 1 aliphatic heterocycles. The first-order chi connectivity index (χ1) is 10.8. The number of aliphatic carboxylic acids is 1. The lowest BCUT2D eigenvalue weighted by Gasteiger charge is -2.30. The van der Waals surface area contributed by atoms with Crippen molar-refractivity contribution in [2.45, 2.75) is 24.7 Å². The lowest BCUT2D eigenvalue weighted by molar-refractivity contribution is -0.142. The number of sulfonamides is 1. The number of carboxylic acid groups (broad SMARTS) is 1.